The predicted molar refractivity (Wildman–Crippen MR) is 64.2 cm³/mol. The maximum Gasteiger partial charge on any atom is 0.327 e. The number of hydrogen-bond acceptors (Lipinski definition) is 5. The second-order valence-corrected chi connectivity index (χ2v) is 7.27. The van der Waals surface area contributed by atoms with Crippen molar-refractivity contribution in [2.45, 2.75) is 23.3 Å². The lowest BCUT2D eigenvalue weighted by atomic mass is 9.78. The fourth-order valence-electron chi connectivity index (χ4n) is 2.13. The van der Waals surface area contributed by atoms with Gasteiger partial charge in [0.1, 0.15) is 10.4 Å². The molecule has 3 rings (SSSR count). The van der Waals surface area contributed by atoms with Crippen molar-refractivity contribution in [3.05, 3.63) is 12.2 Å². The van der Waals surface area contributed by atoms with Crippen LogP contribution in [0, 0.1) is 5.92 Å². The van der Waals surface area contributed by atoms with Crippen LogP contribution in [-0.4, -0.2) is 37.7 Å². The first-order chi connectivity index (χ1) is 7.81. The molecule has 0 aromatic rings. The van der Waals surface area contributed by atoms with E-state index in [0.29, 0.717) is 12.8 Å². The molecule has 2 bridgehead atoms. The zero-order valence-electron chi connectivity index (χ0n) is 9.26. The van der Waals surface area contributed by atoms with Gasteiger partial charge in [-0.25, -0.2) is 0 Å². The number of alkyl halides is 1. The van der Waals surface area contributed by atoms with Gasteiger partial charge in [0, 0.05) is 0 Å². The van der Waals surface area contributed by atoms with Crippen LogP contribution in [-0.2, 0) is 23.8 Å². The molecule has 0 amide bonds. The van der Waals surface area contributed by atoms with Gasteiger partial charge in [0.25, 0.3) is 10.1 Å². The summed E-state index contributed by atoms with van der Waals surface area (Å²) in [5.74, 6) is -0.305. The maximum atomic E-state index is 11.7. The van der Waals surface area contributed by atoms with Gasteiger partial charge in [-0.3, -0.25) is 8.98 Å². The molecule has 0 N–H and O–H groups in total. The molecule has 1 fully saturated rings. The van der Waals surface area contributed by atoms with Crippen LogP contribution in [0.3, 0.4) is 0 Å². The van der Waals surface area contributed by atoms with Crippen LogP contribution in [0.4, 0.5) is 0 Å². The van der Waals surface area contributed by atoms with Crippen molar-refractivity contribution in [2.24, 2.45) is 5.92 Å². The van der Waals surface area contributed by atoms with E-state index in [-0.39, 0.29) is 24.6 Å². The van der Waals surface area contributed by atoms with Crippen molar-refractivity contribution in [2.75, 3.05) is 12.9 Å². The van der Waals surface area contributed by atoms with Gasteiger partial charge in [-0.05, 0) is 24.8 Å². The molecule has 2 aliphatic heterocycles. The molecule has 7 heteroatoms. The molecule has 1 aliphatic carbocycles. The van der Waals surface area contributed by atoms with Gasteiger partial charge in [-0.1, -0.05) is 22.0 Å². The summed E-state index contributed by atoms with van der Waals surface area (Å²) in [7, 11) is -3.42. The van der Waals surface area contributed by atoms with E-state index in [4.69, 9.17) is 8.92 Å². The number of fused-ring (bicyclic) bond motifs is 2. The van der Waals surface area contributed by atoms with Gasteiger partial charge < -0.3 is 4.74 Å². The topological polar surface area (TPSA) is 69.7 Å². The molecule has 0 unspecified atom stereocenters. The van der Waals surface area contributed by atoms with Crippen LogP contribution in [0.25, 0.3) is 0 Å². The molecule has 0 radical (unpaired) electrons. The lowest BCUT2D eigenvalue weighted by Crippen LogP contribution is -2.51. The third-order valence-corrected chi connectivity index (χ3v) is 4.83. The molecular formula is C10H13BrO5S. The number of hydrogen-bond donors (Lipinski definition) is 0. The molecule has 17 heavy (non-hydrogen) atoms. The minimum atomic E-state index is -3.42. The number of carbonyl (C=O) groups excluding carboxylic acids is 1. The molecule has 0 spiro atoms. The molecule has 1 saturated heterocycles. The quantitative estimate of drug-likeness (QED) is 0.334. The Labute approximate surface area is 108 Å². The van der Waals surface area contributed by atoms with Crippen molar-refractivity contribution in [3.8, 4) is 0 Å². The molecule has 5 nitrogen and oxygen atoms in total. The van der Waals surface area contributed by atoms with Crippen molar-refractivity contribution in [3.63, 3.8) is 0 Å². The second-order valence-electron chi connectivity index (χ2n) is 4.32. The summed E-state index contributed by atoms with van der Waals surface area (Å²) in [6.07, 6.45) is 5.65. The first-order valence-electron chi connectivity index (χ1n) is 5.25. The summed E-state index contributed by atoms with van der Waals surface area (Å²) in [4.78, 5) is 11.7. The fraction of sp³-hybridized carbons (Fsp3) is 0.700. The predicted octanol–water partition coefficient (Wildman–Crippen LogP) is 0.988. The molecule has 3 aliphatic rings. The molecule has 96 valence electrons. The van der Waals surface area contributed by atoms with Gasteiger partial charge >= 0.3 is 5.97 Å². The Morgan fingerprint density at radius 1 is 1.65 bits per heavy atom. The summed E-state index contributed by atoms with van der Waals surface area (Å²) < 4.78 is 30.7. The summed E-state index contributed by atoms with van der Waals surface area (Å²) >= 11 is 3.38. The normalized spacial score (nSPS) is 36.0. The Kier molecular flexibility index (Phi) is 3.35. The minimum Gasteiger partial charge on any atom is -0.457 e. The molecule has 2 heterocycles. The first kappa shape index (κ1) is 13.0. The summed E-state index contributed by atoms with van der Waals surface area (Å²) in [5.41, 5.74) is 0. The van der Waals surface area contributed by atoms with Gasteiger partial charge in [0.05, 0.1) is 12.9 Å². The lowest BCUT2D eigenvalue weighted by molar-refractivity contribution is -0.158. The Morgan fingerprint density at radius 2 is 2.35 bits per heavy atom. The van der Waals surface area contributed by atoms with Gasteiger partial charge in [-0.15, -0.1) is 0 Å². The largest absolute Gasteiger partial charge is 0.457 e. The average molecular weight is 325 g/mol. The molecule has 0 aromatic carbocycles. The maximum absolute atomic E-state index is 11.7. The van der Waals surface area contributed by atoms with Crippen molar-refractivity contribution < 1.29 is 22.1 Å². The van der Waals surface area contributed by atoms with E-state index in [1.54, 1.807) is 6.08 Å². The second kappa shape index (κ2) is 4.37. The minimum absolute atomic E-state index is 0.000463. The van der Waals surface area contributed by atoms with E-state index < -0.39 is 14.4 Å². The smallest absolute Gasteiger partial charge is 0.327 e. The number of ether oxygens (including phenoxy) is 1. The molecule has 0 aromatic heterocycles. The Balaban J connectivity index is 1.99. The zero-order chi connectivity index (χ0) is 12.7. The van der Waals surface area contributed by atoms with Gasteiger partial charge in [0.2, 0.25) is 0 Å². The number of esters is 1. The highest BCUT2D eigenvalue weighted by Gasteiger charge is 2.51. The summed E-state index contributed by atoms with van der Waals surface area (Å²) in [6, 6.07) is 0. The highest BCUT2D eigenvalue weighted by molar-refractivity contribution is 9.10. The third-order valence-electron chi connectivity index (χ3n) is 3.00. The van der Waals surface area contributed by atoms with Gasteiger partial charge in [0.15, 0.2) is 0 Å². The molecule has 3 atom stereocenters. The van der Waals surface area contributed by atoms with Crippen LogP contribution < -0.4 is 0 Å². The fourth-order valence-corrected chi connectivity index (χ4v) is 3.19. The Morgan fingerprint density at radius 3 is 2.94 bits per heavy atom. The lowest BCUT2D eigenvalue weighted by Gasteiger charge is -2.42. The van der Waals surface area contributed by atoms with Crippen molar-refractivity contribution in [1.29, 1.82) is 0 Å². The average Bonchev–Trinajstić information content (AvgIpc) is 2.19. The van der Waals surface area contributed by atoms with E-state index in [0.717, 1.165) is 6.26 Å². The van der Waals surface area contributed by atoms with Crippen LogP contribution >= 0.6 is 15.9 Å². The number of rotatable bonds is 4. The van der Waals surface area contributed by atoms with Crippen LogP contribution in [0.5, 0.6) is 0 Å². The third kappa shape index (κ3) is 2.71. The SMILES string of the molecule is CS(=O)(=O)OCC[C@H]1C[C@H]2C=C[C@]1(Br)C(=O)O2. The monoisotopic (exact) mass is 324 g/mol. The van der Waals surface area contributed by atoms with Gasteiger partial charge in [-0.2, -0.15) is 8.42 Å². The van der Waals surface area contributed by atoms with E-state index in [2.05, 4.69) is 15.9 Å². The van der Waals surface area contributed by atoms with Crippen LogP contribution in [0.15, 0.2) is 12.2 Å². The van der Waals surface area contributed by atoms with E-state index in [1.807, 2.05) is 6.08 Å². The standard InChI is InChI=1S/C10H13BrO5S/c1-17(13,14)15-5-3-7-6-8-2-4-10(7,11)9(12)16-8/h2,4,7-8H,3,5-6H2,1H3/t7-,8+,10+/m0/s1. The van der Waals surface area contributed by atoms with Crippen molar-refractivity contribution >= 4 is 32.0 Å². The molecule has 0 saturated carbocycles. The van der Waals surface area contributed by atoms with Crippen molar-refractivity contribution in [1.82, 2.24) is 0 Å². The number of carbonyl (C=O) groups is 1. The Hall–Kier alpha value is -0.400. The highest BCUT2D eigenvalue weighted by Crippen LogP contribution is 2.44. The molecular weight excluding hydrogens is 312 g/mol. The summed E-state index contributed by atoms with van der Waals surface area (Å²) in [5, 5.41) is 0. The zero-order valence-corrected chi connectivity index (χ0v) is 11.7. The summed E-state index contributed by atoms with van der Waals surface area (Å²) in [6.45, 7) is 0.0880. The van der Waals surface area contributed by atoms with E-state index in [9.17, 15) is 13.2 Å². The highest BCUT2D eigenvalue weighted by atomic mass is 79.9. The Bertz CT molecular complexity index is 457. The van der Waals surface area contributed by atoms with Crippen LogP contribution in [0.1, 0.15) is 12.8 Å². The van der Waals surface area contributed by atoms with E-state index >= 15 is 0 Å². The number of halogens is 1. The van der Waals surface area contributed by atoms with E-state index in [1.165, 1.54) is 0 Å². The first-order valence-corrected chi connectivity index (χ1v) is 7.86. The van der Waals surface area contributed by atoms with Crippen LogP contribution in [0.2, 0.25) is 0 Å².